The summed E-state index contributed by atoms with van der Waals surface area (Å²) >= 11 is 0. The molecule has 0 aliphatic heterocycles. The van der Waals surface area contributed by atoms with Crippen LogP contribution >= 0.6 is 0 Å². The average molecular weight is 320 g/mol. The Morgan fingerprint density at radius 2 is 1.87 bits per heavy atom. The lowest BCUT2D eigenvalue weighted by Gasteiger charge is -2.28. The topological polar surface area (TPSA) is 58.2 Å². The minimum Gasteiger partial charge on any atom is -0.350 e. The van der Waals surface area contributed by atoms with Gasteiger partial charge in [0, 0.05) is 5.54 Å². The Bertz CT molecular complexity index is 587. The molecule has 2 amide bonds. The van der Waals surface area contributed by atoms with E-state index in [0.29, 0.717) is 18.4 Å². The first-order chi connectivity index (χ1) is 10.7. The van der Waals surface area contributed by atoms with Crippen molar-refractivity contribution in [3.63, 3.8) is 0 Å². The number of rotatable bonds is 4. The van der Waals surface area contributed by atoms with Crippen LogP contribution in [0.15, 0.2) is 24.3 Å². The number of hydrogen-bond donors (Lipinski definition) is 2. The average Bonchev–Trinajstić information content (AvgIpc) is 2.93. The largest absolute Gasteiger partial charge is 0.350 e. The highest BCUT2D eigenvalue weighted by Gasteiger charge is 2.42. The maximum absolute atomic E-state index is 13.6. The van der Waals surface area contributed by atoms with E-state index in [0.717, 1.165) is 12.8 Å². The predicted octanol–water partition coefficient (Wildman–Crippen LogP) is 2.67. The van der Waals surface area contributed by atoms with Gasteiger partial charge in [0.05, 0.1) is 12.0 Å². The van der Waals surface area contributed by atoms with Crippen LogP contribution < -0.4 is 10.6 Å². The van der Waals surface area contributed by atoms with Crippen LogP contribution in [0.5, 0.6) is 0 Å². The van der Waals surface area contributed by atoms with Gasteiger partial charge in [-0.2, -0.15) is 0 Å². The second-order valence-corrected chi connectivity index (χ2v) is 7.28. The zero-order valence-electron chi connectivity index (χ0n) is 14.0. The molecule has 0 spiro atoms. The van der Waals surface area contributed by atoms with Crippen LogP contribution in [-0.4, -0.2) is 23.9 Å². The second kappa shape index (κ2) is 6.69. The summed E-state index contributed by atoms with van der Waals surface area (Å²) in [6, 6.07) is 6.23. The first-order valence-electron chi connectivity index (χ1n) is 8.08. The minimum atomic E-state index is -0.718. The molecule has 23 heavy (non-hydrogen) atoms. The van der Waals surface area contributed by atoms with E-state index >= 15 is 0 Å². The van der Waals surface area contributed by atoms with Crippen molar-refractivity contribution < 1.29 is 14.0 Å². The molecule has 1 aliphatic rings. The first kappa shape index (κ1) is 17.4. The van der Waals surface area contributed by atoms with Crippen molar-refractivity contribution >= 4 is 11.8 Å². The Balaban J connectivity index is 2.09. The number of benzene rings is 1. The summed E-state index contributed by atoms with van der Waals surface area (Å²) in [5.74, 6) is -0.755. The lowest BCUT2D eigenvalue weighted by Crippen LogP contribution is -2.49. The van der Waals surface area contributed by atoms with Crippen molar-refractivity contribution in [1.29, 1.82) is 0 Å². The van der Waals surface area contributed by atoms with Crippen LogP contribution in [0.25, 0.3) is 0 Å². The maximum Gasteiger partial charge on any atom is 0.239 e. The molecule has 1 aliphatic carbocycles. The molecule has 0 saturated heterocycles. The fraction of sp³-hybridized carbons (Fsp3) is 0.556. The molecular formula is C18H25FN2O2. The standard InChI is InChI=1S/C18H25FN2O2/c1-17(2,3)21-15(22)12-20-16(23)18(9-4-5-10-18)13-7-6-8-14(19)11-13/h6-8,11H,4-5,9-10,12H2,1-3H3,(H,20,23)(H,21,22). The van der Waals surface area contributed by atoms with E-state index in [1.165, 1.54) is 12.1 Å². The quantitative estimate of drug-likeness (QED) is 0.896. The van der Waals surface area contributed by atoms with Gasteiger partial charge in [-0.25, -0.2) is 4.39 Å². The summed E-state index contributed by atoms with van der Waals surface area (Å²) in [6.07, 6.45) is 3.22. The van der Waals surface area contributed by atoms with E-state index in [-0.39, 0.29) is 29.7 Å². The molecule has 0 heterocycles. The summed E-state index contributed by atoms with van der Waals surface area (Å²) in [4.78, 5) is 24.6. The fourth-order valence-corrected chi connectivity index (χ4v) is 3.20. The van der Waals surface area contributed by atoms with Gasteiger partial charge in [-0.3, -0.25) is 9.59 Å². The van der Waals surface area contributed by atoms with Crippen LogP contribution in [0.1, 0.15) is 52.0 Å². The predicted molar refractivity (Wildman–Crippen MR) is 87.5 cm³/mol. The van der Waals surface area contributed by atoms with Crippen molar-refractivity contribution in [2.45, 2.75) is 57.4 Å². The molecule has 0 aromatic heterocycles. The van der Waals surface area contributed by atoms with Crippen LogP contribution in [0.4, 0.5) is 4.39 Å². The highest BCUT2D eigenvalue weighted by molar-refractivity contribution is 5.92. The molecule has 1 aromatic carbocycles. The SMILES string of the molecule is CC(C)(C)NC(=O)CNC(=O)C1(c2cccc(F)c2)CCCC1. The molecule has 1 fully saturated rings. The molecule has 0 atom stereocenters. The van der Waals surface area contributed by atoms with Crippen LogP contribution in [0.3, 0.4) is 0 Å². The fourth-order valence-electron chi connectivity index (χ4n) is 3.20. The zero-order chi connectivity index (χ0) is 17.1. The molecule has 126 valence electrons. The van der Waals surface area contributed by atoms with Crippen molar-refractivity contribution in [3.05, 3.63) is 35.6 Å². The number of nitrogens with one attached hydrogen (secondary N) is 2. The smallest absolute Gasteiger partial charge is 0.239 e. The third kappa shape index (κ3) is 4.30. The first-order valence-corrected chi connectivity index (χ1v) is 8.08. The van der Waals surface area contributed by atoms with Gasteiger partial charge in [-0.1, -0.05) is 25.0 Å². The van der Waals surface area contributed by atoms with Crippen molar-refractivity contribution in [2.75, 3.05) is 6.54 Å². The molecule has 0 radical (unpaired) electrons. The van der Waals surface area contributed by atoms with Gasteiger partial charge >= 0.3 is 0 Å². The van der Waals surface area contributed by atoms with Crippen molar-refractivity contribution in [2.24, 2.45) is 0 Å². The lowest BCUT2D eigenvalue weighted by atomic mass is 9.78. The summed E-state index contributed by atoms with van der Waals surface area (Å²) in [5.41, 5.74) is -0.358. The third-order valence-electron chi connectivity index (χ3n) is 4.19. The lowest BCUT2D eigenvalue weighted by molar-refractivity contribution is -0.130. The Hall–Kier alpha value is -1.91. The number of carbonyl (C=O) groups is 2. The van der Waals surface area contributed by atoms with Crippen LogP contribution in [0.2, 0.25) is 0 Å². The monoisotopic (exact) mass is 320 g/mol. The molecular weight excluding hydrogens is 295 g/mol. The number of amides is 2. The molecule has 4 nitrogen and oxygen atoms in total. The molecule has 2 rings (SSSR count). The molecule has 1 aromatic rings. The summed E-state index contributed by atoms with van der Waals surface area (Å²) < 4.78 is 13.6. The molecule has 0 bridgehead atoms. The van der Waals surface area contributed by atoms with Gasteiger partial charge in [0.2, 0.25) is 11.8 Å². The van der Waals surface area contributed by atoms with E-state index in [4.69, 9.17) is 0 Å². The van der Waals surface area contributed by atoms with Gasteiger partial charge < -0.3 is 10.6 Å². The minimum absolute atomic E-state index is 0.0623. The van der Waals surface area contributed by atoms with Gasteiger partial charge in [-0.05, 0) is 51.3 Å². The van der Waals surface area contributed by atoms with Crippen molar-refractivity contribution in [3.8, 4) is 0 Å². The molecule has 5 heteroatoms. The number of carbonyl (C=O) groups excluding carboxylic acids is 2. The van der Waals surface area contributed by atoms with E-state index in [1.54, 1.807) is 12.1 Å². The zero-order valence-corrected chi connectivity index (χ0v) is 14.0. The number of halogens is 1. The van der Waals surface area contributed by atoms with Crippen LogP contribution in [0, 0.1) is 5.82 Å². The van der Waals surface area contributed by atoms with Crippen molar-refractivity contribution in [1.82, 2.24) is 10.6 Å². The second-order valence-electron chi connectivity index (χ2n) is 7.28. The highest BCUT2D eigenvalue weighted by atomic mass is 19.1. The summed E-state index contributed by atoms with van der Waals surface area (Å²) in [5, 5.41) is 5.55. The Labute approximate surface area is 136 Å². The van der Waals surface area contributed by atoms with E-state index in [1.807, 2.05) is 20.8 Å². The van der Waals surface area contributed by atoms with Gasteiger partial charge in [0.25, 0.3) is 0 Å². The maximum atomic E-state index is 13.6. The van der Waals surface area contributed by atoms with Gasteiger partial charge in [-0.15, -0.1) is 0 Å². The van der Waals surface area contributed by atoms with E-state index in [9.17, 15) is 14.0 Å². The summed E-state index contributed by atoms with van der Waals surface area (Å²) in [6.45, 7) is 5.60. The molecule has 2 N–H and O–H groups in total. The third-order valence-corrected chi connectivity index (χ3v) is 4.19. The normalized spacial score (nSPS) is 16.9. The molecule has 0 unspecified atom stereocenters. The van der Waals surface area contributed by atoms with Crippen LogP contribution in [-0.2, 0) is 15.0 Å². The van der Waals surface area contributed by atoms with Gasteiger partial charge in [0.15, 0.2) is 0 Å². The highest BCUT2D eigenvalue weighted by Crippen LogP contribution is 2.41. The summed E-state index contributed by atoms with van der Waals surface area (Å²) in [7, 11) is 0. The molecule has 1 saturated carbocycles. The van der Waals surface area contributed by atoms with E-state index < -0.39 is 5.41 Å². The Kier molecular flexibility index (Phi) is 5.07. The van der Waals surface area contributed by atoms with E-state index in [2.05, 4.69) is 10.6 Å². The van der Waals surface area contributed by atoms with Gasteiger partial charge in [0.1, 0.15) is 5.82 Å². The Morgan fingerprint density at radius 3 is 2.43 bits per heavy atom. The number of hydrogen-bond acceptors (Lipinski definition) is 2. The Morgan fingerprint density at radius 1 is 1.22 bits per heavy atom.